The number of nitrogens with zero attached hydrogens (tertiary/aromatic N) is 1. The number of imidazole rings is 1. The molecule has 29 heavy (non-hydrogen) atoms. The predicted molar refractivity (Wildman–Crippen MR) is 90.7 cm³/mol. The zero-order chi connectivity index (χ0) is 20.9. The predicted octanol–water partition coefficient (Wildman–Crippen LogP) is 3.03. The molecule has 0 saturated carbocycles. The van der Waals surface area contributed by atoms with Gasteiger partial charge in [0.1, 0.15) is 30.5 Å². The molecule has 0 bridgehead atoms. The molecule has 2 N–H and O–H groups in total. The molecule has 0 saturated heterocycles. The van der Waals surface area contributed by atoms with Crippen LogP contribution >= 0.6 is 0 Å². The molecule has 0 fully saturated rings. The van der Waals surface area contributed by atoms with E-state index in [1.165, 1.54) is 12.1 Å². The van der Waals surface area contributed by atoms with Crippen LogP contribution in [-0.4, -0.2) is 28.2 Å². The van der Waals surface area contributed by atoms with Crippen molar-refractivity contribution in [3.8, 4) is 5.75 Å². The van der Waals surface area contributed by atoms with Crippen LogP contribution in [0, 0.1) is 11.6 Å². The van der Waals surface area contributed by atoms with Gasteiger partial charge < -0.3 is 15.0 Å². The number of aromatic amines is 1. The topological polar surface area (TPSA) is 76.1 Å². The van der Waals surface area contributed by atoms with Crippen molar-refractivity contribution in [2.45, 2.75) is 18.8 Å². The molecule has 3 aromatic rings. The third kappa shape index (κ3) is 3.55. The number of nitrogens with one attached hydrogen (secondary N) is 2. The molecule has 2 aromatic carbocycles. The second-order valence-corrected chi connectivity index (χ2v) is 6.50. The molecule has 1 amide bonds. The number of carbonyl (C=O) groups excluding carboxylic acids is 1. The van der Waals surface area contributed by atoms with Crippen molar-refractivity contribution >= 4 is 16.9 Å². The Bertz CT molecular complexity index is 1180. The average Bonchev–Trinajstić information content (AvgIpc) is 3.14. The first-order valence-electron chi connectivity index (χ1n) is 8.34. The summed E-state index contributed by atoms with van der Waals surface area (Å²) in [6, 6.07) is 4.49. The van der Waals surface area contributed by atoms with Crippen molar-refractivity contribution in [2.75, 3.05) is 6.61 Å². The van der Waals surface area contributed by atoms with E-state index in [1.807, 2.05) is 0 Å². The number of carbonyl (C=O) groups is 1. The maximum atomic E-state index is 14.1. The SMILES string of the molecule is O=C(NC1COc2cc(F)cc(F)c21)c1ccc2[nH]c(=O)n(CC(F)(F)F)c2c1. The summed E-state index contributed by atoms with van der Waals surface area (Å²) in [6.45, 7) is -1.65. The summed E-state index contributed by atoms with van der Waals surface area (Å²) in [5.41, 5.74) is -0.986. The average molecular weight is 413 g/mol. The Labute approximate surface area is 158 Å². The minimum Gasteiger partial charge on any atom is -0.490 e. The van der Waals surface area contributed by atoms with Crippen LogP contribution in [0.4, 0.5) is 22.0 Å². The number of fused-ring (bicyclic) bond motifs is 2. The summed E-state index contributed by atoms with van der Waals surface area (Å²) in [4.78, 5) is 26.6. The standard InChI is InChI=1S/C18H12F5N3O3/c19-9-4-10(20)15-12(6-29-14(15)5-9)24-16(27)8-1-2-11-13(3-8)26(17(28)25-11)7-18(21,22)23/h1-5,12H,6-7H2,(H,24,27)(H,25,28). The lowest BCUT2D eigenvalue weighted by atomic mass is 10.1. The molecule has 4 rings (SSSR count). The molecule has 11 heteroatoms. The maximum absolute atomic E-state index is 14.1. The van der Waals surface area contributed by atoms with Crippen LogP contribution < -0.4 is 15.7 Å². The zero-order valence-electron chi connectivity index (χ0n) is 14.4. The van der Waals surface area contributed by atoms with Crippen molar-refractivity contribution in [3.05, 3.63) is 63.6 Å². The molecule has 1 aliphatic heterocycles. The lowest BCUT2D eigenvalue weighted by Gasteiger charge is -2.13. The number of hydrogen-bond acceptors (Lipinski definition) is 3. The van der Waals surface area contributed by atoms with E-state index >= 15 is 0 Å². The molecule has 0 aliphatic carbocycles. The van der Waals surface area contributed by atoms with E-state index in [4.69, 9.17) is 4.74 Å². The van der Waals surface area contributed by atoms with Crippen LogP contribution in [0.3, 0.4) is 0 Å². The van der Waals surface area contributed by atoms with E-state index in [0.29, 0.717) is 10.6 Å². The fourth-order valence-corrected chi connectivity index (χ4v) is 3.26. The highest BCUT2D eigenvalue weighted by atomic mass is 19.4. The molecule has 0 radical (unpaired) electrons. The van der Waals surface area contributed by atoms with Gasteiger partial charge in [-0.15, -0.1) is 0 Å². The number of aromatic nitrogens is 2. The molecule has 1 aromatic heterocycles. The van der Waals surface area contributed by atoms with E-state index in [0.717, 1.165) is 12.1 Å². The van der Waals surface area contributed by atoms with Gasteiger partial charge in [0.15, 0.2) is 0 Å². The normalized spacial score (nSPS) is 16.0. The molecule has 1 atom stereocenters. The molecule has 2 heterocycles. The van der Waals surface area contributed by atoms with E-state index in [2.05, 4.69) is 10.3 Å². The third-order valence-corrected chi connectivity index (χ3v) is 4.49. The first-order valence-corrected chi connectivity index (χ1v) is 8.34. The van der Waals surface area contributed by atoms with Crippen LogP contribution in [0.2, 0.25) is 0 Å². The molecule has 0 spiro atoms. The van der Waals surface area contributed by atoms with Gasteiger partial charge in [-0.3, -0.25) is 9.36 Å². The van der Waals surface area contributed by atoms with Gasteiger partial charge >= 0.3 is 11.9 Å². The van der Waals surface area contributed by atoms with Crippen LogP contribution in [0.5, 0.6) is 5.75 Å². The van der Waals surface area contributed by atoms with Gasteiger partial charge in [-0.05, 0) is 18.2 Å². The van der Waals surface area contributed by atoms with Crippen molar-refractivity contribution < 1.29 is 31.5 Å². The third-order valence-electron chi connectivity index (χ3n) is 4.49. The number of ether oxygens (including phenoxy) is 1. The fourth-order valence-electron chi connectivity index (χ4n) is 3.26. The number of hydrogen-bond donors (Lipinski definition) is 2. The Morgan fingerprint density at radius 1 is 1.24 bits per heavy atom. The van der Waals surface area contributed by atoms with Crippen molar-refractivity contribution in [3.63, 3.8) is 0 Å². The van der Waals surface area contributed by atoms with E-state index in [1.54, 1.807) is 0 Å². The highest BCUT2D eigenvalue weighted by Crippen LogP contribution is 2.35. The van der Waals surface area contributed by atoms with Gasteiger partial charge in [0.05, 0.1) is 22.6 Å². The summed E-state index contributed by atoms with van der Waals surface area (Å²) >= 11 is 0. The monoisotopic (exact) mass is 413 g/mol. The minimum atomic E-state index is -4.63. The number of amides is 1. The van der Waals surface area contributed by atoms with Crippen molar-refractivity contribution in [2.24, 2.45) is 0 Å². The van der Waals surface area contributed by atoms with Gasteiger partial charge in [0.25, 0.3) is 5.91 Å². The van der Waals surface area contributed by atoms with Gasteiger partial charge in [-0.25, -0.2) is 13.6 Å². The Balaban J connectivity index is 1.64. The molecule has 6 nitrogen and oxygen atoms in total. The van der Waals surface area contributed by atoms with Crippen molar-refractivity contribution in [1.29, 1.82) is 0 Å². The second-order valence-electron chi connectivity index (χ2n) is 6.50. The summed E-state index contributed by atoms with van der Waals surface area (Å²) in [5, 5.41) is 2.50. The summed E-state index contributed by atoms with van der Waals surface area (Å²) in [6.07, 6.45) is -4.63. The number of alkyl halides is 3. The van der Waals surface area contributed by atoms with Gasteiger partial charge in [0, 0.05) is 17.7 Å². The first-order chi connectivity index (χ1) is 13.6. The largest absolute Gasteiger partial charge is 0.490 e. The summed E-state index contributed by atoms with van der Waals surface area (Å²) < 4.78 is 71.2. The Hall–Kier alpha value is -3.37. The lowest BCUT2D eigenvalue weighted by Crippen LogP contribution is -2.30. The van der Waals surface area contributed by atoms with E-state index in [9.17, 15) is 31.5 Å². The Kier molecular flexibility index (Phi) is 4.32. The minimum absolute atomic E-state index is 0.0172. The highest BCUT2D eigenvalue weighted by molar-refractivity contribution is 5.97. The number of halogens is 5. The number of H-pyrrole nitrogens is 1. The van der Waals surface area contributed by atoms with Crippen LogP contribution in [0.15, 0.2) is 35.1 Å². The molecule has 152 valence electrons. The second kappa shape index (κ2) is 6.61. The molecular formula is C18H12F5N3O3. The number of rotatable bonds is 3. The van der Waals surface area contributed by atoms with Gasteiger partial charge in [0.2, 0.25) is 0 Å². The number of benzene rings is 2. The zero-order valence-corrected chi connectivity index (χ0v) is 14.4. The van der Waals surface area contributed by atoms with E-state index < -0.39 is 42.0 Å². The Morgan fingerprint density at radius 2 is 2.00 bits per heavy atom. The fraction of sp³-hybridized carbons (Fsp3) is 0.222. The maximum Gasteiger partial charge on any atom is 0.406 e. The molecular weight excluding hydrogens is 401 g/mol. The smallest absolute Gasteiger partial charge is 0.406 e. The van der Waals surface area contributed by atoms with E-state index in [-0.39, 0.29) is 34.5 Å². The molecule has 1 aliphatic rings. The summed E-state index contributed by atoms with van der Waals surface area (Å²) in [7, 11) is 0. The Morgan fingerprint density at radius 3 is 2.72 bits per heavy atom. The van der Waals surface area contributed by atoms with Gasteiger partial charge in [-0.2, -0.15) is 13.2 Å². The summed E-state index contributed by atoms with van der Waals surface area (Å²) in [5.74, 6) is -2.46. The van der Waals surface area contributed by atoms with Crippen LogP contribution in [-0.2, 0) is 6.54 Å². The van der Waals surface area contributed by atoms with Crippen LogP contribution in [0.1, 0.15) is 22.0 Å². The highest BCUT2D eigenvalue weighted by Gasteiger charge is 2.31. The molecule has 1 unspecified atom stereocenters. The first kappa shape index (κ1) is 19.0. The van der Waals surface area contributed by atoms with Crippen molar-refractivity contribution in [1.82, 2.24) is 14.9 Å². The quantitative estimate of drug-likeness (QED) is 0.649. The van der Waals surface area contributed by atoms with Crippen LogP contribution in [0.25, 0.3) is 11.0 Å². The lowest BCUT2D eigenvalue weighted by molar-refractivity contribution is -0.140. The van der Waals surface area contributed by atoms with Gasteiger partial charge in [-0.1, -0.05) is 0 Å².